The van der Waals surface area contributed by atoms with Gasteiger partial charge < -0.3 is 15.7 Å². The molecule has 0 aliphatic rings. The molecule has 0 spiro atoms. The van der Waals surface area contributed by atoms with Crippen molar-refractivity contribution in [3.63, 3.8) is 0 Å². The third-order valence-corrected chi connectivity index (χ3v) is 5.35. The molecule has 1 atom stereocenters. The van der Waals surface area contributed by atoms with E-state index < -0.39 is 5.82 Å². The number of phenols is 1. The fourth-order valence-corrected chi connectivity index (χ4v) is 3.32. The van der Waals surface area contributed by atoms with Gasteiger partial charge in [0.05, 0.1) is 6.42 Å². The number of benzene rings is 3. The number of phenolic OH excluding ortho intramolecular Hbond substituents is 1. The lowest BCUT2D eigenvalue weighted by atomic mass is 10.1. The maximum absolute atomic E-state index is 13.7. The molecule has 156 valence electrons. The minimum absolute atomic E-state index is 0.0296. The van der Waals surface area contributed by atoms with Gasteiger partial charge in [-0.2, -0.15) is 0 Å². The Morgan fingerprint density at radius 1 is 1.10 bits per heavy atom. The van der Waals surface area contributed by atoms with Gasteiger partial charge in [-0.1, -0.05) is 41.9 Å². The Morgan fingerprint density at radius 3 is 2.63 bits per heavy atom. The zero-order valence-corrected chi connectivity index (χ0v) is 17.6. The molecule has 0 radical (unpaired) electrons. The molecule has 6 heteroatoms. The predicted octanol–water partition coefficient (Wildman–Crippen LogP) is 5.53. The summed E-state index contributed by atoms with van der Waals surface area (Å²) < 4.78 is 13.7. The van der Waals surface area contributed by atoms with Crippen molar-refractivity contribution in [1.29, 1.82) is 0 Å². The number of carbonyl (C=O) groups excluding carboxylic acids is 1. The topological polar surface area (TPSA) is 61.4 Å². The number of aromatic hydroxyl groups is 1. The van der Waals surface area contributed by atoms with Crippen molar-refractivity contribution < 1.29 is 14.3 Å². The summed E-state index contributed by atoms with van der Waals surface area (Å²) in [5.74, 6) is -0.471. The van der Waals surface area contributed by atoms with Crippen LogP contribution in [0, 0.1) is 12.7 Å². The van der Waals surface area contributed by atoms with Crippen molar-refractivity contribution in [1.82, 2.24) is 5.32 Å². The number of carbonyl (C=O) groups is 1. The number of nitrogens with one attached hydrogen (secondary N) is 2. The van der Waals surface area contributed by atoms with Gasteiger partial charge in [0.2, 0.25) is 5.91 Å². The van der Waals surface area contributed by atoms with Gasteiger partial charge in [-0.05, 0) is 60.9 Å². The second-order valence-corrected chi connectivity index (χ2v) is 7.68. The third-order valence-electron chi connectivity index (χ3n) is 4.94. The van der Waals surface area contributed by atoms with Gasteiger partial charge in [0.1, 0.15) is 11.6 Å². The normalized spacial score (nSPS) is 11.9. The average molecular weight is 427 g/mol. The number of hydrogen-bond acceptors (Lipinski definition) is 3. The van der Waals surface area contributed by atoms with E-state index >= 15 is 0 Å². The third kappa shape index (κ3) is 5.59. The SMILES string of the molecule is Cc1cc(O)c(CNC(C)c2cccc(NC(=O)Cc3ccccc3F)c2)cc1Cl. The van der Waals surface area contributed by atoms with Gasteiger partial charge in [0.15, 0.2) is 0 Å². The number of amides is 1. The standard InChI is InChI=1S/C24H24ClFN2O2/c1-15-10-23(29)19(12-21(15)25)14-27-16(2)17-7-5-8-20(11-17)28-24(30)13-18-6-3-4-9-22(18)26/h3-12,16,27,29H,13-14H2,1-2H3,(H,28,30). The van der Waals surface area contributed by atoms with Crippen molar-refractivity contribution in [3.8, 4) is 5.75 Å². The molecule has 30 heavy (non-hydrogen) atoms. The first kappa shape index (κ1) is 21.8. The Bertz CT molecular complexity index is 1060. The molecule has 1 amide bonds. The van der Waals surface area contributed by atoms with E-state index in [4.69, 9.17) is 11.6 Å². The van der Waals surface area contributed by atoms with Gasteiger partial charge in [0.25, 0.3) is 0 Å². The first-order chi connectivity index (χ1) is 14.3. The number of hydrogen-bond donors (Lipinski definition) is 3. The fraction of sp³-hybridized carbons (Fsp3) is 0.208. The lowest BCUT2D eigenvalue weighted by Gasteiger charge is -2.17. The van der Waals surface area contributed by atoms with Crippen LogP contribution in [0.3, 0.4) is 0 Å². The Hall–Kier alpha value is -2.89. The number of aryl methyl sites for hydroxylation is 1. The molecule has 0 saturated carbocycles. The molecular weight excluding hydrogens is 403 g/mol. The Labute approximate surface area is 180 Å². The summed E-state index contributed by atoms with van der Waals surface area (Å²) in [4.78, 5) is 12.3. The zero-order valence-electron chi connectivity index (χ0n) is 16.9. The van der Waals surface area contributed by atoms with Gasteiger partial charge in [-0.3, -0.25) is 4.79 Å². The molecule has 0 aliphatic heterocycles. The van der Waals surface area contributed by atoms with Crippen LogP contribution in [-0.2, 0) is 17.8 Å². The number of halogens is 2. The molecule has 0 aliphatic carbocycles. The van der Waals surface area contributed by atoms with Crippen LogP contribution >= 0.6 is 11.6 Å². The summed E-state index contributed by atoms with van der Waals surface area (Å²) >= 11 is 6.15. The van der Waals surface area contributed by atoms with Crippen LogP contribution in [0.15, 0.2) is 60.7 Å². The lowest BCUT2D eigenvalue weighted by molar-refractivity contribution is -0.115. The number of anilines is 1. The minimum Gasteiger partial charge on any atom is -0.508 e. The highest BCUT2D eigenvalue weighted by molar-refractivity contribution is 6.31. The summed E-state index contributed by atoms with van der Waals surface area (Å²) in [6, 6.07) is 17.1. The van der Waals surface area contributed by atoms with Crippen LogP contribution in [0.4, 0.5) is 10.1 Å². The summed E-state index contributed by atoms with van der Waals surface area (Å²) in [6.45, 7) is 4.28. The lowest BCUT2D eigenvalue weighted by Crippen LogP contribution is -2.19. The van der Waals surface area contributed by atoms with Crippen LogP contribution in [0.2, 0.25) is 5.02 Å². The largest absolute Gasteiger partial charge is 0.508 e. The molecule has 3 rings (SSSR count). The van der Waals surface area contributed by atoms with Crippen LogP contribution in [0.5, 0.6) is 5.75 Å². The molecule has 0 fully saturated rings. The van der Waals surface area contributed by atoms with Crippen LogP contribution in [-0.4, -0.2) is 11.0 Å². The highest BCUT2D eigenvalue weighted by Crippen LogP contribution is 2.26. The molecule has 0 aromatic heterocycles. The molecule has 3 N–H and O–H groups in total. The average Bonchev–Trinajstić information content (AvgIpc) is 2.71. The molecule has 3 aromatic carbocycles. The van der Waals surface area contributed by atoms with Crippen LogP contribution < -0.4 is 10.6 Å². The highest BCUT2D eigenvalue weighted by atomic mass is 35.5. The van der Waals surface area contributed by atoms with Crippen molar-refractivity contribution in [2.24, 2.45) is 0 Å². The van der Waals surface area contributed by atoms with E-state index in [2.05, 4.69) is 10.6 Å². The van der Waals surface area contributed by atoms with E-state index in [-0.39, 0.29) is 24.1 Å². The van der Waals surface area contributed by atoms with Crippen molar-refractivity contribution in [2.75, 3.05) is 5.32 Å². The molecule has 1 unspecified atom stereocenters. The van der Waals surface area contributed by atoms with Crippen molar-refractivity contribution >= 4 is 23.2 Å². The predicted molar refractivity (Wildman–Crippen MR) is 118 cm³/mol. The molecule has 0 bridgehead atoms. The zero-order chi connectivity index (χ0) is 21.7. The molecule has 0 saturated heterocycles. The fourth-order valence-electron chi connectivity index (χ4n) is 3.14. The van der Waals surface area contributed by atoms with E-state index in [9.17, 15) is 14.3 Å². The van der Waals surface area contributed by atoms with Crippen molar-refractivity contribution in [3.05, 3.63) is 93.8 Å². The van der Waals surface area contributed by atoms with Crippen LogP contribution in [0.25, 0.3) is 0 Å². The maximum Gasteiger partial charge on any atom is 0.228 e. The van der Waals surface area contributed by atoms with E-state index in [1.165, 1.54) is 6.07 Å². The minimum atomic E-state index is -0.390. The summed E-state index contributed by atoms with van der Waals surface area (Å²) in [5.41, 5.74) is 3.51. The Balaban J connectivity index is 1.62. The van der Waals surface area contributed by atoms with Crippen molar-refractivity contribution in [2.45, 2.75) is 32.9 Å². The molecule has 4 nitrogen and oxygen atoms in total. The summed E-state index contributed by atoms with van der Waals surface area (Å²) in [5, 5.41) is 16.9. The Kier molecular flexibility index (Phi) is 7.08. The number of rotatable bonds is 7. The summed E-state index contributed by atoms with van der Waals surface area (Å²) in [6.07, 6.45) is -0.0296. The molecule has 3 aromatic rings. The van der Waals surface area contributed by atoms with Gasteiger partial charge in [-0.25, -0.2) is 4.39 Å². The monoisotopic (exact) mass is 426 g/mol. The maximum atomic E-state index is 13.7. The van der Waals surface area contributed by atoms with Crippen LogP contribution in [0.1, 0.15) is 35.2 Å². The Morgan fingerprint density at radius 2 is 1.87 bits per heavy atom. The quantitative estimate of drug-likeness (QED) is 0.465. The van der Waals surface area contributed by atoms with Gasteiger partial charge >= 0.3 is 0 Å². The molecular formula is C24H24ClFN2O2. The second-order valence-electron chi connectivity index (χ2n) is 7.27. The first-order valence-electron chi connectivity index (χ1n) is 9.68. The summed E-state index contributed by atoms with van der Waals surface area (Å²) in [7, 11) is 0. The first-order valence-corrected chi connectivity index (χ1v) is 10.1. The van der Waals surface area contributed by atoms with E-state index in [1.807, 2.05) is 32.0 Å². The van der Waals surface area contributed by atoms with E-state index in [0.717, 1.165) is 11.1 Å². The second kappa shape index (κ2) is 9.74. The van der Waals surface area contributed by atoms with E-state index in [1.54, 1.807) is 36.4 Å². The van der Waals surface area contributed by atoms with Gasteiger partial charge in [-0.15, -0.1) is 0 Å². The molecule has 0 heterocycles. The van der Waals surface area contributed by atoms with E-state index in [0.29, 0.717) is 28.4 Å². The smallest absolute Gasteiger partial charge is 0.228 e. The van der Waals surface area contributed by atoms with Gasteiger partial charge in [0, 0.05) is 28.9 Å². The highest BCUT2D eigenvalue weighted by Gasteiger charge is 2.11.